The van der Waals surface area contributed by atoms with Crippen LogP contribution in [0.2, 0.25) is 0 Å². The van der Waals surface area contributed by atoms with Crippen molar-refractivity contribution in [2.75, 3.05) is 25.0 Å². The number of nitrogens with zero attached hydrogens (tertiary/aromatic N) is 5. The van der Waals surface area contributed by atoms with E-state index >= 15 is 0 Å². The average molecular weight is 322 g/mol. The number of aromatic nitrogens is 4. The average Bonchev–Trinajstić information content (AvgIpc) is 3.20. The second-order valence-corrected chi connectivity index (χ2v) is 6.00. The van der Waals surface area contributed by atoms with Gasteiger partial charge in [0.15, 0.2) is 5.13 Å². The SMILES string of the molecule is CC(C(=O)Nc1nccs1)N1CCOC(Cn2cncn2)C1. The first kappa shape index (κ1) is 15.1. The summed E-state index contributed by atoms with van der Waals surface area (Å²) in [5.41, 5.74) is 0. The van der Waals surface area contributed by atoms with Crippen LogP contribution in [0.1, 0.15) is 6.92 Å². The van der Waals surface area contributed by atoms with Gasteiger partial charge in [-0.15, -0.1) is 11.3 Å². The molecule has 9 heteroatoms. The van der Waals surface area contributed by atoms with Gasteiger partial charge in [0.2, 0.25) is 5.91 Å². The Morgan fingerprint density at radius 3 is 3.27 bits per heavy atom. The number of ether oxygens (including phenoxy) is 1. The van der Waals surface area contributed by atoms with Crippen LogP contribution in [0.25, 0.3) is 0 Å². The lowest BCUT2D eigenvalue weighted by molar-refractivity contribution is -0.124. The van der Waals surface area contributed by atoms with Gasteiger partial charge in [0.1, 0.15) is 12.7 Å². The summed E-state index contributed by atoms with van der Waals surface area (Å²) >= 11 is 1.41. The van der Waals surface area contributed by atoms with Crippen molar-refractivity contribution in [3.8, 4) is 0 Å². The van der Waals surface area contributed by atoms with Crippen LogP contribution in [0.4, 0.5) is 5.13 Å². The van der Waals surface area contributed by atoms with Crippen LogP contribution in [0.15, 0.2) is 24.2 Å². The molecule has 1 fully saturated rings. The zero-order valence-electron chi connectivity index (χ0n) is 12.3. The molecule has 2 atom stereocenters. The van der Waals surface area contributed by atoms with E-state index in [-0.39, 0.29) is 18.1 Å². The fourth-order valence-corrected chi connectivity index (χ4v) is 2.93. The summed E-state index contributed by atoms with van der Waals surface area (Å²) in [4.78, 5) is 22.4. The van der Waals surface area contributed by atoms with E-state index in [9.17, 15) is 4.79 Å². The highest BCUT2D eigenvalue weighted by Gasteiger charge is 2.28. The number of carbonyl (C=O) groups excluding carboxylic acids is 1. The Balaban J connectivity index is 1.55. The topological polar surface area (TPSA) is 85.2 Å². The zero-order chi connectivity index (χ0) is 15.4. The van der Waals surface area contributed by atoms with E-state index in [1.54, 1.807) is 17.2 Å². The molecule has 8 nitrogen and oxygen atoms in total. The number of hydrogen-bond donors (Lipinski definition) is 1. The number of carbonyl (C=O) groups is 1. The van der Waals surface area contributed by atoms with E-state index < -0.39 is 0 Å². The van der Waals surface area contributed by atoms with Crippen LogP contribution >= 0.6 is 11.3 Å². The first-order chi connectivity index (χ1) is 10.7. The van der Waals surface area contributed by atoms with Gasteiger partial charge in [0.25, 0.3) is 0 Å². The summed E-state index contributed by atoms with van der Waals surface area (Å²) in [5.74, 6) is -0.0450. The third-order valence-corrected chi connectivity index (χ3v) is 4.31. The number of hydrogen-bond acceptors (Lipinski definition) is 7. The van der Waals surface area contributed by atoms with Crippen molar-refractivity contribution in [2.24, 2.45) is 0 Å². The van der Waals surface area contributed by atoms with E-state index in [0.29, 0.717) is 24.8 Å². The standard InChI is InChI=1S/C13H18N6O2S/c1-10(12(20)17-13-15-2-5-22-13)18-3-4-21-11(6-18)7-19-9-14-8-16-19/h2,5,8-11H,3-4,6-7H2,1H3,(H,15,17,20). The van der Waals surface area contributed by atoms with Gasteiger partial charge in [-0.1, -0.05) is 0 Å². The third-order valence-electron chi connectivity index (χ3n) is 3.62. The van der Waals surface area contributed by atoms with Gasteiger partial charge < -0.3 is 10.1 Å². The number of nitrogens with one attached hydrogen (secondary N) is 1. The minimum atomic E-state index is -0.231. The molecule has 1 aliphatic rings. The van der Waals surface area contributed by atoms with Gasteiger partial charge in [0.05, 0.1) is 25.3 Å². The molecule has 2 aromatic heterocycles. The van der Waals surface area contributed by atoms with Crippen molar-refractivity contribution in [3.63, 3.8) is 0 Å². The summed E-state index contributed by atoms with van der Waals surface area (Å²) in [6.07, 6.45) is 4.85. The Morgan fingerprint density at radius 2 is 2.55 bits per heavy atom. The Labute approximate surface area is 132 Å². The molecule has 1 amide bonds. The quantitative estimate of drug-likeness (QED) is 0.861. The van der Waals surface area contributed by atoms with E-state index in [0.717, 1.165) is 6.54 Å². The highest BCUT2D eigenvalue weighted by atomic mass is 32.1. The molecule has 118 valence electrons. The number of thiazole rings is 1. The van der Waals surface area contributed by atoms with Crippen LogP contribution in [0, 0.1) is 0 Å². The lowest BCUT2D eigenvalue weighted by Gasteiger charge is -2.35. The molecule has 1 saturated heterocycles. The molecular weight excluding hydrogens is 304 g/mol. The predicted octanol–water partition coefficient (Wildman–Crippen LogP) is 0.463. The molecule has 3 rings (SSSR count). The summed E-state index contributed by atoms with van der Waals surface area (Å²) in [6, 6.07) is -0.231. The van der Waals surface area contributed by atoms with Crippen molar-refractivity contribution in [1.82, 2.24) is 24.6 Å². The lowest BCUT2D eigenvalue weighted by atomic mass is 10.2. The Hall–Kier alpha value is -1.84. The number of anilines is 1. The van der Waals surface area contributed by atoms with Crippen molar-refractivity contribution < 1.29 is 9.53 Å². The second-order valence-electron chi connectivity index (χ2n) is 5.11. The van der Waals surface area contributed by atoms with Crippen LogP contribution in [-0.2, 0) is 16.1 Å². The molecule has 1 aliphatic heterocycles. The summed E-state index contributed by atoms with van der Waals surface area (Å²) in [6.45, 7) is 4.57. The number of amides is 1. The van der Waals surface area contributed by atoms with Crippen molar-refractivity contribution in [2.45, 2.75) is 25.6 Å². The highest BCUT2D eigenvalue weighted by Crippen LogP contribution is 2.14. The normalized spacial score (nSPS) is 20.7. The highest BCUT2D eigenvalue weighted by molar-refractivity contribution is 7.13. The molecule has 0 bridgehead atoms. The van der Waals surface area contributed by atoms with Crippen molar-refractivity contribution >= 4 is 22.4 Å². The Bertz CT molecular complexity index is 588. The van der Waals surface area contributed by atoms with Gasteiger partial charge in [-0.25, -0.2) is 9.97 Å². The minimum Gasteiger partial charge on any atom is -0.374 e. The zero-order valence-corrected chi connectivity index (χ0v) is 13.1. The first-order valence-electron chi connectivity index (χ1n) is 7.11. The molecule has 0 saturated carbocycles. The van der Waals surface area contributed by atoms with Crippen LogP contribution in [0.5, 0.6) is 0 Å². The second kappa shape index (κ2) is 6.95. The van der Waals surface area contributed by atoms with E-state index in [2.05, 4.69) is 25.3 Å². The van der Waals surface area contributed by atoms with Crippen molar-refractivity contribution in [1.29, 1.82) is 0 Å². The van der Waals surface area contributed by atoms with Crippen LogP contribution in [0.3, 0.4) is 0 Å². The smallest absolute Gasteiger partial charge is 0.243 e. The summed E-state index contributed by atoms with van der Waals surface area (Å²) < 4.78 is 7.49. The molecular formula is C13H18N6O2S. The lowest BCUT2D eigenvalue weighted by Crippen LogP contribution is -2.51. The van der Waals surface area contributed by atoms with Gasteiger partial charge >= 0.3 is 0 Å². The van der Waals surface area contributed by atoms with Crippen LogP contribution < -0.4 is 5.32 Å². The van der Waals surface area contributed by atoms with Gasteiger partial charge in [-0.05, 0) is 6.92 Å². The van der Waals surface area contributed by atoms with Crippen LogP contribution in [-0.4, -0.2) is 62.4 Å². The minimum absolute atomic E-state index is 0.00515. The van der Waals surface area contributed by atoms with Gasteiger partial charge in [-0.3, -0.25) is 14.4 Å². The van der Waals surface area contributed by atoms with E-state index in [4.69, 9.17) is 4.74 Å². The van der Waals surface area contributed by atoms with E-state index in [1.807, 2.05) is 12.3 Å². The molecule has 0 spiro atoms. The van der Waals surface area contributed by atoms with Crippen molar-refractivity contribution in [3.05, 3.63) is 24.2 Å². The maximum atomic E-state index is 12.3. The van der Waals surface area contributed by atoms with E-state index in [1.165, 1.54) is 17.7 Å². The molecule has 3 heterocycles. The molecule has 0 radical (unpaired) electrons. The number of rotatable bonds is 5. The molecule has 22 heavy (non-hydrogen) atoms. The number of morpholine rings is 1. The maximum Gasteiger partial charge on any atom is 0.243 e. The fraction of sp³-hybridized carbons (Fsp3) is 0.538. The fourth-order valence-electron chi connectivity index (χ4n) is 2.40. The third kappa shape index (κ3) is 3.67. The Kier molecular flexibility index (Phi) is 4.76. The molecule has 0 aromatic carbocycles. The summed E-state index contributed by atoms with van der Waals surface area (Å²) in [5, 5.41) is 9.39. The summed E-state index contributed by atoms with van der Waals surface area (Å²) in [7, 11) is 0. The predicted molar refractivity (Wildman–Crippen MR) is 81.5 cm³/mol. The molecule has 0 aliphatic carbocycles. The molecule has 2 aromatic rings. The molecule has 2 unspecified atom stereocenters. The first-order valence-corrected chi connectivity index (χ1v) is 7.99. The monoisotopic (exact) mass is 322 g/mol. The van der Waals surface area contributed by atoms with Gasteiger partial charge in [0, 0.05) is 24.7 Å². The Morgan fingerprint density at radius 1 is 1.64 bits per heavy atom. The largest absolute Gasteiger partial charge is 0.374 e. The van der Waals surface area contributed by atoms with Gasteiger partial charge in [-0.2, -0.15) is 5.10 Å². The maximum absolute atomic E-state index is 12.3. The molecule has 1 N–H and O–H groups in total.